The van der Waals surface area contributed by atoms with Gasteiger partial charge in [-0.25, -0.2) is 0 Å². The van der Waals surface area contributed by atoms with Gasteiger partial charge in [0.2, 0.25) is 0 Å². The monoisotopic (exact) mass is 298 g/mol. The van der Waals surface area contributed by atoms with Gasteiger partial charge in [0.15, 0.2) is 5.96 Å². The number of nitrogens with zero attached hydrogens (tertiary/aromatic N) is 2. The van der Waals surface area contributed by atoms with Crippen molar-refractivity contribution >= 4 is 17.7 Å². The Morgan fingerprint density at radius 3 is 2.55 bits per heavy atom. The summed E-state index contributed by atoms with van der Waals surface area (Å²) in [6.07, 6.45) is 8.00. The van der Waals surface area contributed by atoms with Crippen LogP contribution in [0, 0.1) is 0 Å². The fraction of sp³-hybridized carbons (Fsp3) is 0.933. The summed E-state index contributed by atoms with van der Waals surface area (Å²) >= 11 is 2.09. The molecule has 1 saturated carbocycles. The van der Waals surface area contributed by atoms with Crippen molar-refractivity contribution in [3.05, 3.63) is 0 Å². The van der Waals surface area contributed by atoms with Gasteiger partial charge in [0, 0.05) is 30.9 Å². The molecule has 1 saturated heterocycles. The van der Waals surface area contributed by atoms with Crippen LogP contribution < -0.4 is 10.6 Å². The van der Waals surface area contributed by atoms with Gasteiger partial charge in [-0.1, -0.05) is 12.8 Å². The second kappa shape index (κ2) is 7.55. The number of likely N-dealkylation sites (N-methyl/N-ethyl adjacent to an activating group) is 1. The number of nitrogens with one attached hydrogen (secondary N) is 2. The summed E-state index contributed by atoms with van der Waals surface area (Å²) in [5.74, 6) is 2.29. The molecule has 1 atom stereocenters. The van der Waals surface area contributed by atoms with Gasteiger partial charge in [-0.3, -0.25) is 4.99 Å². The molecule has 2 fully saturated rings. The summed E-state index contributed by atoms with van der Waals surface area (Å²) in [5, 5.41) is 7.80. The Morgan fingerprint density at radius 1 is 1.25 bits per heavy atom. The number of aliphatic imine (C=N–C) groups is 1. The van der Waals surface area contributed by atoms with E-state index in [1.807, 2.05) is 7.05 Å². The first-order chi connectivity index (χ1) is 9.66. The molecule has 20 heavy (non-hydrogen) atoms. The molecule has 1 aliphatic carbocycles. The molecule has 0 bridgehead atoms. The van der Waals surface area contributed by atoms with E-state index in [0.29, 0.717) is 5.54 Å². The minimum Gasteiger partial charge on any atom is -0.355 e. The Labute approximate surface area is 128 Å². The highest BCUT2D eigenvalue weighted by molar-refractivity contribution is 8.00. The lowest BCUT2D eigenvalue weighted by Gasteiger charge is -2.37. The van der Waals surface area contributed by atoms with E-state index in [-0.39, 0.29) is 0 Å². The van der Waals surface area contributed by atoms with Gasteiger partial charge in [-0.15, -0.1) is 0 Å². The Bertz CT molecular complexity index is 318. The highest BCUT2D eigenvalue weighted by atomic mass is 32.2. The molecule has 4 nitrogen and oxygen atoms in total. The zero-order valence-corrected chi connectivity index (χ0v) is 14.1. The van der Waals surface area contributed by atoms with Gasteiger partial charge in [-0.05, 0) is 45.5 Å². The van der Waals surface area contributed by atoms with Gasteiger partial charge in [0.1, 0.15) is 0 Å². The molecule has 0 amide bonds. The lowest BCUT2D eigenvalue weighted by atomic mass is 9.96. The van der Waals surface area contributed by atoms with Crippen molar-refractivity contribution in [2.75, 3.05) is 40.0 Å². The van der Waals surface area contributed by atoms with Gasteiger partial charge >= 0.3 is 0 Å². The lowest BCUT2D eigenvalue weighted by Crippen LogP contribution is -2.53. The fourth-order valence-corrected chi connectivity index (χ4v) is 4.50. The van der Waals surface area contributed by atoms with Crippen LogP contribution in [0.4, 0.5) is 0 Å². The molecule has 1 unspecified atom stereocenters. The van der Waals surface area contributed by atoms with Crippen LogP contribution >= 0.6 is 11.8 Å². The predicted octanol–water partition coefficient (Wildman–Crippen LogP) is 1.92. The van der Waals surface area contributed by atoms with Gasteiger partial charge in [-0.2, -0.15) is 11.8 Å². The molecule has 2 N–H and O–H groups in total. The molecule has 0 radical (unpaired) electrons. The summed E-state index contributed by atoms with van der Waals surface area (Å²) in [4.78, 5) is 6.76. The second-order valence-electron chi connectivity index (χ2n) is 6.27. The predicted molar refractivity (Wildman–Crippen MR) is 89.7 cm³/mol. The molecular formula is C15H30N4S. The van der Waals surface area contributed by atoms with Crippen LogP contribution in [0.2, 0.25) is 0 Å². The van der Waals surface area contributed by atoms with Gasteiger partial charge in [0.25, 0.3) is 0 Å². The normalized spacial score (nSPS) is 26.2. The standard InChI is InChI=1S/C15H30N4S/c1-16-14(17-11-13-7-6-10-20-13)18-12-15(19(2)3)8-4-5-9-15/h13H,4-12H2,1-3H3,(H2,16,17,18). The summed E-state index contributed by atoms with van der Waals surface area (Å²) in [5.41, 5.74) is 0.319. The number of guanidine groups is 1. The number of hydrogen-bond donors (Lipinski definition) is 2. The first-order valence-corrected chi connectivity index (χ1v) is 8.95. The van der Waals surface area contributed by atoms with E-state index >= 15 is 0 Å². The molecular weight excluding hydrogens is 268 g/mol. The van der Waals surface area contributed by atoms with E-state index in [4.69, 9.17) is 0 Å². The Morgan fingerprint density at radius 2 is 2.00 bits per heavy atom. The Hall–Kier alpha value is -0.420. The zero-order chi connectivity index (χ0) is 14.4. The Balaban J connectivity index is 1.77. The third kappa shape index (κ3) is 4.04. The minimum absolute atomic E-state index is 0.319. The zero-order valence-electron chi connectivity index (χ0n) is 13.2. The number of rotatable bonds is 5. The first-order valence-electron chi connectivity index (χ1n) is 7.90. The van der Waals surface area contributed by atoms with Crippen molar-refractivity contribution in [3.63, 3.8) is 0 Å². The highest BCUT2D eigenvalue weighted by Crippen LogP contribution is 2.33. The van der Waals surface area contributed by atoms with Crippen LogP contribution in [0.15, 0.2) is 4.99 Å². The summed E-state index contributed by atoms with van der Waals surface area (Å²) in [6.45, 7) is 2.04. The third-order valence-corrected chi connectivity index (χ3v) is 6.21. The van der Waals surface area contributed by atoms with E-state index in [9.17, 15) is 0 Å². The van der Waals surface area contributed by atoms with Crippen molar-refractivity contribution in [2.24, 2.45) is 4.99 Å². The molecule has 116 valence electrons. The number of hydrogen-bond acceptors (Lipinski definition) is 3. The molecule has 1 aliphatic heterocycles. The maximum absolute atomic E-state index is 4.37. The number of thioether (sulfide) groups is 1. The smallest absolute Gasteiger partial charge is 0.191 e. The molecule has 0 spiro atoms. The molecule has 2 rings (SSSR count). The maximum atomic E-state index is 4.37. The van der Waals surface area contributed by atoms with Crippen LogP contribution in [-0.2, 0) is 0 Å². The van der Waals surface area contributed by atoms with Crippen LogP contribution in [0.25, 0.3) is 0 Å². The second-order valence-corrected chi connectivity index (χ2v) is 7.68. The van der Waals surface area contributed by atoms with E-state index in [2.05, 4.69) is 46.4 Å². The highest BCUT2D eigenvalue weighted by Gasteiger charge is 2.35. The molecule has 1 heterocycles. The van der Waals surface area contributed by atoms with Crippen molar-refractivity contribution < 1.29 is 0 Å². The van der Waals surface area contributed by atoms with E-state index in [1.165, 1.54) is 44.3 Å². The van der Waals surface area contributed by atoms with E-state index in [1.54, 1.807) is 0 Å². The van der Waals surface area contributed by atoms with Crippen LogP contribution in [0.5, 0.6) is 0 Å². The van der Waals surface area contributed by atoms with Crippen LogP contribution in [-0.4, -0.2) is 61.6 Å². The van der Waals surface area contributed by atoms with Crippen LogP contribution in [0.1, 0.15) is 38.5 Å². The largest absolute Gasteiger partial charge is 0.355 e. The summed E-state index contributed by atoms with van der Waals surface area (Å²) in [7, 11) is 6.28. The average molecular weight is 299 g/mol. The molecule has 5 heteroatoms. The van der Waals surface area contributed by atoms with Crippen LogP contribution in [0.3, 0.4) is 0 Å². The van der Waals surface area contributed by atoms with Crippen molar-refractivity contribution in [1.82, 2.24) is 15.5 Å². The van der Waals surface area contributed by atoms with Gasteiger partial charge in [0.05, 0.1) is 0 Å². The van der Waals surface area contributed by atoms with E-state index in [0.717, 1.165) is 24.3 Å². The third-order valence-electron chi connectivity index (χ3n) is 4.81. The first kappa shape index (κ1) is 16.0. The van der Waals surface area contributed by atoms with Crippen molar-refractivity contribution in [2.45, 2.75) is 49.3 Å². The average Bonchev–Trinajstić information content (AvgIpc) is 3.10. The topological polar surface area (TPSA) is 39.7 Å². The van der Waals surface area contributed by atoms with Gasteiger partial charge < -0.3 is 15.5 Å². The summed E-state index contributed by atoms with van der Waals surface area (Å²) < 4.78 is 0. The van der Waals surface area contributed by atoms with E-state index < -0.39 is 0 Å². The molecule has 0 aromatic heterocycles. The lowest BCUT2D eigenvalue weighted by molar-refractivity contribution is 0.160. The molecule has 0 aromatic rings. The van der Waals surface area contributed by atoms with Crippen molar-refractivity contribution in [3.8, 4) is 0 Å². The minimum atomic E-state index is 0.319. The molecule has 2 aliphatic rings. The molecule has 0 aromatic carbocycles. The quantitative estimate of drug-likeness (QED) is 0.601. The summed E-state index contributed by atoms with van der Waals surface area (Å²) in [6, 6.07) is 0. The fourth-order valence-electron chi connectivity index (χ4n) is 3.30. The van der Waals surface area contributed by atoms with Crippen molar-refractivity contribution in [1.29, 1.82) is 0 Å². The SMILES string of the molecule is CN=C(NCC1CCCS1)NCC1(N(C)C)CCCC1. The Kier molecular flexibility index (Phi) is 6.02. The maximum Gasteiger partial charge on any atom is 0.191 e.